The number of aryl methyl sites for hydroxylation is 2. The molecule has 1 heterocycles. The van der Waals surface area contributed by atoms with Crippen LogP contribution in [0.25, 0.3) is 0 Å². The molecule has 0 amide bonds. The molecule has 0 aliphatic rings. The van der Waals surface area contributed by atoms with Gasteiger partial charge in [-0.3, -0.25) is 4.57 Å². The van der Waals surface area contributed by atoms with Crippen LogP contribution >= 0.6 is 11.8 Å². The summed E-state index contributed by atoms with van der Waals surface area (Å²) in [6.45, 7) is 4.23. The first kappa shape index (κ1) is 12.0. The summed E-state index contributed by atoms with van der Waals surface area (Å²) in [5.41, 5.74) is 9.55. The molecule has 0 aliphatic carbocycles. The van der Waals surface area contributed by atoms with E-state index in [1.807, 2.05) is 7.05 Å². The molecule has 0 saturated carbocycles. The van der Waals surface area contributed by atoms with E-state index >= 15 is 0 Å². The molecule has 1 aromatic heterocycles. The van der Waals surface area contributed by atoms with Gasteiger partial charge in [-0.25, -0.2) is 0 Å². The molecule has 90 valence electrons. The van der Waals surface area contributed by atoms with Gasteiger partial charge in [0.25, 0.3) is 0 Å². The van der Waals surface area contributed by atoms with Crippen molar-refractivity contribution < 1.29 is 0 Å². The lowest BCUT2D eigenvalue weighted by Crippen LogP contribution is -1.98. The van der Waals surface area contributed by atoms with Gasteiger partial charge < -0.3 is 5.73 Å². The molecule has 0 aliphatic heterocycles. The molecule has 0 fully saturated rings. The summed E-state index contributed by atoms with van der Waals surface area (Å²) in [5.74, 6) is 1.34. The van der Waals surface area contributed by atoms with Crippen LogP contribution in [0.1, 0.15) is 16.7 Å². The zero-order chi connectivity index (χ0) is 12.4. The standard InChI is InChI=1S/C12H16N4S/c1-8-4-5-9(2)10(6-8)7-17-12-15-14-11(13)16(12)3/h4-6H,7H2,1-3H3,(H2,13,14). The smallest absolute Gasteiger partial charge is 0.222 e. The highest BCUT2D eigenvalue weighted by Gasteiger charge is 2.07. The van der Waals surface area contributed by atoms with E-state index in [0.717, 1.165) is 10.9 Å². The number of anilines is 1. The summed E-state index contributed by atoms with van der Waals surface area (Å²) in [5, 5.41) is 8.72. The Hall–Kier alpha value is -1.49. The zero-order valence-electron chi connectivity index (χ0n) is 10.3. The van der Waals surface area contributed by atoms with E-state index in [4.69, 9.17) is 5.73 Å². The second-order valence-corrected chi connectivity index (χ2v) is 5.06. The maximum atomic E-state index is 5.64. The van der Waals surface area contributed by atoms with Crippen LogP contribution in [0, 0.1) is 13.8 Å². The van der Waals surface area contributed by atoms with E-state index in [1.54, 1.807) is 16.3 Å². The van der Waals surface area contributed by atoms with Gasteiger partial charge in [0, 0.05) is 12.8 Å². The van der Waals surface area contributed by atoms with Crippen LogP contribution in [0.2, 0.25) is 0 Å². The molecule has 2 aromatic rings. The third-order valence-corrected chi connectivity index (χ3v) is 3.80. The molecular weight excluding hydrogens is 232 g/mol. The van der Waals surface area contributed by atoms with Crippen LogP contribution < -0.4 is 5.73 Å². The van der Waals surface area contributed by atoms with E-state index in [2.05, 4.69) is 42.2 Å². The van der Waals surface area contributed by atoms with Gasteiger partial charge in [-0.15, -0.1) is 10.2 Å². The number of rotatable bonds is 3. The highest BCUT2D eigenvalue weighted by Crippen LogP contribution is 2.23. The van der Waals surface area contributed by atoms with Gasteiger partial charge in [0.15, 0.2) is 5.16 Å². The lowest BCUT2D eigenvalue weighted by atomic mass is 10.1. The van der Waals surface area contributed by atoms with Crippen molar-refractivity contribution in [1.82, 2.24) is 14.8 Å². The van der Waals surface area contributed by atoms with Crippen molar-refractivity contribution in [2.45, 2.75) is 24.8 Å². The molecule has 1 aromatic carbocycles. The third-order valence-electron chi connectivity index (χ3n) is 2.73. The summed E-state index contributed by atoms with van der Waals surface area (Å²) >= 11 is 1.65. The van der Waals surface area contributed by atoms with Crippen molar-refractivity contribution >= 4 is 17.7 Å². The Balaban J connectivity index is 2.12. The van der Waals surface area contributed by atoms with E-state index in [1.165, 1.54) is 16.7 Å². The second-order valence-electron chi connectivity index (χ2n) is 4.12. The molecule has 0 unspecified atom stereocenters. The molecule has 2 rings (SSSR count). The first-order chi connectivity index (χ1) is 8.08. The largest absolute Gasteiger partial charge is 0.368 e. The maximum Gasteiger partial charge on any atom is 0.222 e. The van der Waals surface area contributed by atoms with Crippen molar-refractivity contribution in [1.29, 1.82) is 0 Å². The summed E-state index contributed by atoms with van der Waals surface area (Å²) in [6, 6.07) is 6.49. The van der Waals surface area contributed by atoms with Crippen LogP contribution in [0.3, 0.4) is 0 Å². The minimum absolute atomic E-state index is 0.452. The van der Waals surface area contributed by atoms with Crippen LogP contribution in [0.4, 0.5) is 5.95 Å². The molecule has 2 N–H and O–H groups in total. The topological polar surface area (TPSA) is 56.7 Å². The summed E-state index contributed by atoms with van der Waals surface area (Å²) in [4.78, 5) is 0. The Bertz CT molecular complexity index is 533. The van der Waals surface area contributed by atoms with Crippen LogP contribution in [-0.4, -0.2) is 14.8 Å². The maximum absolute atomic E-state index is 5.64. The minimum Gasteiger partial charge on any atom is -0.368 e. The van der Waals surface area contributed by atoms with Gasteiger partial charge in [0.2, 0.25) is 5.95 Å². The Morgan fingerprint density at radius 1 is 1.29 bits per heavy atom. The number of thioether (sulfide) groups is 1. The SMILES string of the molecule is Cc1ccc(C)c(CSc2nnc(N)n2C)c1. The van der Waals surface area contributed by atoms with Crippen molar-refractivity contribution in [3.8, 4) is 0 Å². The highest BCUT2D eigenvalue weighted by molar-refractivity contribution is 7.98. The fourth-order valence-corrected chi connectivity index (χ4v) is 2.53. The number of hydrogen-bond donors (Lipinski definition) is 1. The van der Waals surface area contributed by atoms with Crippen molar-refractivity contribution in [3.63, 3.8) is 0 Å². The number of aromatic nitrogens is 3. The number of nitrogens with two attached hydrogens (primary N) is 1. The monoisotopic (exact) mass is 248 g/mol. The molecule has 0 spiro atoms. The zero-order valence-corrected chi connectivity index (χ0v) is 11.1. The Morgan fingerprint density at radius 2 is 2.06 bits per heavy atom. The van der Waals surface area contributed by atoms with Crippen LogP contribution in [-0.2, 0) is 12.8 Å². The second kappa shape index (κ2) is 4.79. The van der Waals surface area contributed by atoms with Gasteiger partial charge >= 0.3 is 0 Å². The van der Waals surface area contributed by atoms with Crippen LogP contribution in [0.15, 0.2) is 23.4 Å². The molecule has 0 radical (unpaired) electrons. The number of nitrogen functional groups attached to an aromatic ring is 1. The predicted octanol–water partition coefficient (Wildman–Crippen LogP) is 2.31. The molecular formula is C12H16N4S. The normalized spacial score (nSPS) is 10.8. The molecule has 0 bridgehead atoms. The minimum atomic E-state index is 0.452. The van der Waals surface area contributed by atoms with Gasteiger partial charge in [-0.2, -0.15) is 0 Å². The summed E-state index contributed by atoms with van der Waals surface area (Å²) < 4.78 is 1.80. The molecule has 5 heteroatoms. The lowest BCUT2D eigenvalue weighted by Gasteiger charge is -2.06. The number of hydrogen-bond acceptors (Lipinski definition) is 4. The Morgan fingerprint density at radius 3 is 2.71 bits per heavy atom. The van der Waals surface area contributed by atoms with E-state index in [0.29, 0.717) is 5.95 Å². The third kappa shape index (κ3) is 2.61. The average molecular weight is 248 g/mol. The summed E-state index contributed by atoms with van der Waals surface area (Å²) in [7, 11) is 1.88. The lowest BCUT2D eigenvalue weighted by molar-refractivity contribution is 0.795. The number of benzene rings is 1. The fraction of sp³-hybridized carbons (Fsp3) is 0.333. The van der Waals surface area contributed by atoms with Gasteiger partial charge in [0.1, 0.15) is 0 Å². The molecule has 4 nitrogen and oxygen atoms in total. The van der Waals surface area contributed by atoms with E-state index in [-0.39, 0.29) is 0 Å². The average Bonchev–Trinajstić information content (AvgIpc) is 2.62. The first-order valence-electron chi connectivity index (χ1n) is 5.41. The van der Waals surface area contributed by atoms with Crippen molar-refractivity contribution in [3.05, 3.63) is 34.9 Å². The first-order valence-corrected chi connectivity index (χ1v) is 6.40. The Kier molecular flexibility index (Phi) is 3.38. The molecule has 17 heavy (non-hydrogen) atoms. The molecule has 0 atom stereocenters. The molecule has 0 saturated heterocycles. The van der Waals surface area contributed by atoms with Gasteiger partial charge in [-0.1, -0.05) is 35.5 Å². The van der Waals surface area contributed by atoms with Crippen molar-refractivity contribution in [2.24, 2.45) is 7.05 Å². The van der Waals surface area contributed by atoms with Gasteiger partial charge in [0.05, 0.1) is 0 Å². The van der Waals surface area contributed by atoms with Gasteiger partial charge in [-0.05, 0) is 25.0 Å². The van der Waals surface area contributed by atoms with Crippen molar-refractivity contribution in [2.75, 3.05) is 5.73 Å². The fourth-order valence-electron chi connectivity index (χ4n) is 1.55. The number of nitrogens with zero attached hydrogens (tertiary/aromatic N) is 3. The highest BCUT2D eigenvalue weighted by atomic mass is 32.2. The Labute approximate surface area is 105 Å². The van der Waals surface area contributed by atoms with E-state index in [9.17, 15) is 0 Å². The summed E-state index contributed by atoms with van der Waals surface area (Å²) in [6.07, 6.45) is 0. The van der Waals surface area contributed by atoms with Crippen LogP contribution in [0.5, 0.6) is 0 Å². The van der Waals surface area contributed by atoms with E-state index < -0.39 is 0 Å². The quantitative estimate of drug-likeness (QED) is 0.847. The predicted molar refractivity (Wildman–Crippen MR) is 70.9 cm³/mol.